The fraction of sp³-hybridized carbons (Fsp3) is 0.222. The molecule has 9 nitrogen and oxygen atoms in total. The number of nitrogens with zero attached hydrogens (tertiary/aromatic N) is 1. The number of amides is 1. The maximum atomic E-state index is 12.2. The summed E-state index contributed by atoms with van der Waals surface area (Å²) < 4.78 is 15.1. The first-order chi connectivity index (χ1) is 12.9. The Balaban J connectivity index is 2.07. The molecular weight excluding hydrogens is 356 g/mol. The molecule has 2 rings (SSSR count). The van der Waals surface area contributed by atoms with Gasteiger partial charge in [0.15, 0.2) is 6.61 Å². The van der Waals surface area contributed by atoms with Gasteiger partial charge in [0.25, 0.3) is 11.6 Å². The lowest BCUT2D eigenvalue weighted by molar-refractivity contribution is -0.384. The molecule has 0 spiro atoms. The highest BCUT2D eigenvalue weighted by atomic mass is 16.6. The third-order valence-corrected chi connectivity index (χ3v) is 3.67. The van der Waals surface area contributed by atoms with E-state index in [4.69, 9.17) is 14.2 Å². The summed E-state index contributed by atoms with van der Waals surface area (Å²) in [6.45, 7) is 1.01. The number of ether oxygens (including phenoxy) is 3. The Morgan fingerprint density at radius 3 is 2.52 bits per heavy atom. The number of rotatable bonds is 7. The lowest BCUT2D eigenvalue weighted by Gasteiger charge is -2.11. The standard InChI is InChI=1S/C18H18N2O7/c1-11-5-4-6-14(20(23)24)17(11)19-16(21)10-27-18(22)13-8-7-12(25-2)9-15(13)26-3/h4-9H,10H2,1-3H3,(H,19,21). The molecule has 0 unspecified atom stereocenters. The van der Waals surface area contributed by atoms with Crippen LogP contribution in [0, 0.1) is 17.0 Å². The number of aryl methyl sites for hydroxylation is 1. The molecule has 0 fully saturated rings. The highest BCUT2D eigenvalue weighted by Gasteiger charge is 2.20. The number of benzene rings is 2. The SMILES string of the molecule is COc1ccc(C(=O)OCC(=O)Nc2c(C)cccc2[N+](=O)[O-])c(OC)c1. The van der Waals surface area contributed by atoms with Gasteiger partial charge in [0, 0.05) is 12.1 Å². The van der Waals surface area contributed by atoms with Gasteiger partial charge >= 0.3 is 5.97 Å². The van der Waals surface area contributed by atoms with E-state index in [1.165, 1.54) is 38.5 Å². The molecular formula is C18H18N2O7. The molecule has 142 valence electrons. The number of carbonyl (C=O) groups excluding carboxylic acids is 2. The molecule has 0 aliphatic rings. The first-order valence-electron chi connectivity index (χ1n) is 7.80. The van der Waals surface area contributed by atoms with Crippen molar-refractivity contribution in [2.45, 2.75) is 6.92 Å². The molecule has 0 saturated carbocycles. The van der Waals surface area contributed by atoms with E-state index in [1.807, 2.05) is 0 Å². The Labute approximate surface area is 155 Å². The molecule has 0 aromatic heterocycles. The smallest absolute Gasteiger partial charge is 0.342 e. The van der Waals surface area contributed by atoms with Crippen molar-refractivity contribution >= 4 is 23.3 Å². The summed E-state index contributed by atoms with van der Waals surface area (Å²) >= 11 is 0. The van der Waals surface area contributed by atoms with Gasteiger partial charge in [-0.3, -0.25) is 14.9 Å². The lowest BCUT2D eigenvalue weighted by Crippen LogP contribution is -2.22. The largest absolute Gasteiger partial charge is 0.497 e. The first kappa shape index (κ1) is 19.7. The molecule has 0 aliphatic carbocycles. The average molecular weight is 374 g/mol. The number of methoxy groups -OCH3 is 2. The molecule has 0 bridgehead atoms. The summed E-state index contributed by atoms with van der Waals surface area (Å²) in [5.41, 5.74) is 0.450. The van der Waals surface area contributed by atoms with Crippen molar-refractivity contribution in [1.82, 2.24) is 0 Å². The number of esters is 1. The number of para-hydroxylation sites is 1. The summed E-state index contributed by atoms with van der Waals surface area (Å²) in [7, 11) is 2.86. The van der Waals surface area contributed by atoms with Gasteiger partial charge in [-0.1, -0.05) is 12.1 Å². The first-order valence-corrected chi connectivity index (χ1v) is 7.80. The number of nitrogens with one attached hydrogen (secondary N) is 1. The van der Waals surface area contributed by atoms with Gasteiger partial charge in [0.05, 0.1) is 19.1 Å². The highest BCUT2D eigenvalue weighted by molar-refractivity contribution is 5.98. The topological polar surface area (TPSA) is 117 Å². The summed E-state index contributed by atoms with van der Waals surface area (Å²) in [6, 6.07) is 8.92. The molecule has 9 heteroatoms. The molecule has 0 atom stereocenters. The predicted octanol–water partition coefficient (Wildman–Crippen LogP) is 2.72. The van der Waals surface area contributed by atoms with E-state index in [2.05, 4.69) is 5.32 Å². The molecule has 0 heterocycles. The van der Waals surface area contributed by atoms with Crippen LogP contribution in [0.2, 0.25) is 0 Å². The van der Waals surface area contributed by atoms with Crippen LogP contribution in [0.1, 0.15) is 15.9 Å². The zero-order valence-corrected chi connectivity index (χ0v) is 15.0. The molecule has 2 aromatic carbocycles. The summed E-state index contributed by atoms with van der Waals surface area (Å²) in [4.78, 5) is 34.7. The van der Waals surface area contributed by atoms with Crippen LogP contribution < -0.4 is 14.8 Å². The Morgan fingerprint density at radius 1 is 1.15 bits per heavy atom. The third-order valence-electron chi connectivity index (χ3n) is 3.67. The van der Waals surface area contributed by atoms with Crippen molar-refractivity contribution in [2.75, 3.05) is 26.1 Å². The number of hydrogen-bond acceptors (Lipinski definition) is 7. The Bertz CT molecular complexity index is 880. The second-order valence-electron chi connectivity index (χ2n) is 5.42. The van der Waals surface area contributed by atoms with Crippen LogP contribution in [-0.4, -0.2) is 37.6 Å². The van der Waals surface area contributed by atoms with Gasteiger partial charge in [-0.2, -0.15) is 0 Å². The summed E-state index contributed by atoms with van der Waals surface area (Å²) in [5.74, 6) is -0.750. The average Bonchev–Trinajstić information content (AvgIpc) is 2.66. The summed E-state index contributed by atoms with van der Waals surface area (Å²) in [6.07, 6.45) is 0. The zero-order chi connectivity index (χ0) is 20.0. The van der Waals surface area contributed by atoms with Crippen molar-refractivity contribution in [3.63, 3.8) is 0 Å². The normalized spacial score (nSPS) is 10.0. The predicted molar refractivity (Wildman–Crippen MR) is 96.3 cm³/mol. The van der Waals surface area contributed by atoms with Crippen LogP contribution in [0.5, 0.6) is 11.5 Å². The molecule has 0 radical (unpaired) electrons. The molecule has 1 N–H and O–H groups in total. The van der Waals surface area contributed by atoms with Crippen LogP contribution >= 0.6 is 0 Å². The maximum Gasteiger partial charge on any atom is 0.342 e. The monoisotopic (exact) mass is 374 g/mol. The molecule has 0 saturated heterocycles. The second kappa shape index (κ2) is 8.65. The minimum atomic E-state index is -0.774. The zero-order valence-electron chi connectivity index (χ0n) is 15.0. The van der Waals surface area contributed by atoms with Gasteiger partial charge in [0.2, 0.25) is 0 Å². The number of nitro benzene ring substituents is 1. The van der Waals surface area contributed by atoms with Crippen molar-refractivity contribution in [2.24, 2.45) is 0 Å². The Kier molecular flexibility index (Phi) is 6.32. The van der Waals surface area contributed by atoms with Crippen LogP contribution in [0.15, 0.2) is 36.4 Å². The van der Waals surface area contributed by atoms with Crippen molar-refractivity contribution in [3.05, 3.63) is 57.6 Å². The second-order valence-corrected chi connectivity index (χ2v) is 5.42. The van der Waals surface area contributed by atoms with Gasteiger partial charge < -0.3 is 19.5 Å². The number of nitro groups is 1. The van der Waals surface area contributed by atoms with E-state index in [-0.39, 0.29) is 22.7 Å². The molecule has 27 heavy (non-hydrogen) atoms. The van der Waals surface area contributed by atoms with Gasteiger partial charge in [-0.25, -0.2) is 4.79 Å². The van der Waals surface area contributed by atoms with Crippen LogP contribution in [-0.2, 0) is 9.53 Å². The molecule has 0 aliphatic heterocycles. The van der Waals surface area contributed by atoms with Crippen LogP contribution in [0.3, 0.4) is 0 Å². The quantitative estimate of drug-likeness (QED) is 0.450. The van der Waals surface area contributed by atoms with E-state index < -0.39 is 23.4 Å². The van der Waals surface area contributed by atoms with Crippen LogP contribution in [0.25, 0.3) is 0 Å². The molecule has 2 aromatic rings. The lowest BCUT2D eigenvalue weighted by atomic mass is 10.1. The minimum absolute atomic E-state index is 0.0607. The van der Waals surface area contributed by atoms with Crippen LogP contribution in [0.4, 0.5) is 11.4 Å². The van der Waals surface area contributed by atoms with E-state index in [0.717, 1.165) is 0 Å². The maximum absolute atomic E-state index is 12.2. The van der Waals surface area contributed by atoms with E-state index in [9.17, 15) is 19.7 Å². The van der Waals surface area contributed by atoms with Crippen molar-refractivity contribution in [1.29, 1.82) is 0 Å². The van der Waals surface area contributed by atoms with E-state index in [0.29, 0.717) is 11.3 Å². The van der Waals surface area contributed by atoms with E-state index in [1.54, 1.807) is 19.1 Å². The van der Waals surface area contributed by atoms with Crippen molar-refractivity contribution in [3.8, 4) is 11.5 Å². The fourth-order valence-electron chi connectivity index (χ4n) is 2.32. The van der Waals surface area contributed by atoms with Gasteiger partial charge in [-0.15, -0.1) is 0 Å². The Hall–Kier alpha value is -3.62. The molecule has 1 amide bonds. The number of carbonyl (C=O) groups is 2. The van der Waals surface area contributed by atoms with Crippen molar-refractivity contribution < 1.29 is 28.7 Å². The van der Waals surface area contributed by atoms with Gasteiger partial charge in [-0.05, 0) is 24.6 Å². The third kappa shape index (κ3) is 4.72. The summed E-state index contributed by atoms with van der Waals surface area (Å²) in [5, 5.41) is 13.5. The minimum Gasteiger partial charge on any atom is -0.497 e. The fourth-order valence-corrected chi connectivity index (χ4v) is 2.32. The number of hydrogen-bond donors (Lipinski definition) is 1. The Morgan fingerprint density at radius 2 is 1.89 bits per heavy atom. The highest BCUT2D eigenvalue weighted by Crippen LogP contribution is 2.28. The van der Waals surface area contributed by atoms with E-state index >= 15 is 0 Å². The number of anilines is 1. The van der Waals surface area contributed by atoms with Gasteiger partial charge in [0.1, 0.15) is 22.7 Å².